The molecule has 0 N–H and O–H groups in total. The number of carbonyl (C=O) groups is 1. The van der Waals surface area contributed by atoms with Crippen molar-refractivity contribution in [2.45, 2.75) is 62.1 Å². The van der Waals surface area contributed by atoms with E-state index in [1.54, 1.807) is 4.68 Å². The number of likely N-dealkylation sites (tertiary alicyclic amines) is 1. The van der Waals surface area contributed by atoms with Crippen LogP contribution in [-0.2, 0) is 22.5 Å². The second kappa shape index (κ2) is 9.71. The van der Waals surface area contributed by atoms with Gasteiger partial charge in [0.15, 0.2) is 0 Å². The van der Waals surface area contributed by atoms with E-state index in [0.717, 1.165) is 51.8 Å². The molecule has 0 saturated carbocycles. The molecule has 0 spiro atoms. The molecule has 2 atom stereocenters. The molecule has 29 heavy (non-hydrogen) atoms. The van der Waals surface area contributed by atoms with Crippen LogP contribution in [0.4, 0.5) is 0 Å². The number of hydrogen-bond donors (Lipinski definition) is 0. The lowest BCUT2D eigenvalue weighted by Crippen LogP contribution is -2.42. The molecule has 2 aliphatic rings. The van der Waals surface area contributed by atoms with Gasteiger partial charge in [0, 0.05) is 19.7 Å². The number of nitrogens with zero attached hydrogens (tertiary/aromatic N) is 5. The van der Waals surface area contributed by atoms with Crippen LogP contribution in [0.25, 0.3) is 0 Å². The number of aromatic nitrogens is 4. The highest BCUT2D eigenvalue weighted by molar-refractivity contribution is 8.00. The third-order valence-electron chi connectivity index (χ3n) is 5.82. The SMILES string of the molecule is C[C@H](Sc1nnnn1C[C@@H]1CCCO1)C(=O)N1CCC(Cc2ccccc2)CC1. The summed E-state index contributed by atoms with van der Waals surface area (Å²) in [6, 6.07) is 10.6. The number of carbonyl (C=O) groups excluding carboxylic acids is 1. The van der Waals surface area contributed by atoms with Crippen molar-refractivity contribution >= 4 is 17.7 Å². The van der Waals surface area contributed by atoms with Crippen molar-refractivity contribution in [2.24, 2.45) is 5.92 Å². The quantitative estimate of drug-likeness (QED) is 0.648. The summed E-state index contributed by atoms with van der Waals surface area (Å²) >= 11 is 1.45. The monoisotopic (exact) mass is 415 g/mol. The molecule has 2 aliphatic heterocycles. The number of rotatable bonds is 7. The summed E-state index contributed by atoms with van der Waals surface area (Å²) < 4.78 is 7.45. The predicted molar refractivity (Wildman–Crippen MR) is 112 cm³/mol. The summed E-state index contributed by atoms with van der Waals surface area (Å²) in [7, 11) is 0. The summed E-state index contributed by atoms with van der Waals surface area (Å²) in [6.45, 7) is 5.09. The Hall–Kier alpha value is -1.93. The predicted octanol–water partition coefficient (Wildman–Crippen LogP) is 2.81. The maximum atomic E-state index is 12.9. The minimum atomic E-state index is -0.199. The fourth-order valence-corrected chi connectivity index (χ4v) is 5.03. The fraction of sp³-hybridized carbons (Fsp3) is 0.619. The Morgan fingerprint density at radius 1 is 1.24 bits per heavy atom. The van der Waals surface area contributed by atoms with Crippen LogP contribution in [0.1, 0.15) is 38.2 Å². The third kappa shape index (κ3) is 5.36. The van der Waals surface area contributed by atoms with Crippen LogP contribution in [0, 0.1) is 5.92 Å². The molecule has 3 heterocycles. The van der Waals surface area contributed by atoms with Gasteiger partial charge >= 0.3 is 0 Å². The molecule has 4 rings (SSSR count). The van der Waals surface area contributed by atoms with E-state index in [1.165, 1.54) is 17.3 Å². The molecule has 1 aromatic heterocycles. The van der Waals surface area contributed by atoms with Crippen LogP contribution in [0.5, 0.6) is 0 Å². The highest BCUT2D eigenvalue weighted by Crippen LogP contribution is 2.27. The highest BCUT2D eigenvalue weighted by atomic mass is 32.2. The van der Waals surface area contributed by atoms with Crippen LogP contribution in [0.15, 0.2) is 35.5 Å². The smallest absolute Gasteiger partial charge is 0.235 e. The standard InChI is InChI=1S/C21H29N5O2S/c1-16(29-21-22-23-24-26(21)15-19-8-5-13-28-19)20(27)25-11-9-18(10-12-25)14-17-6-3-2-4-7-17/h2-4,6-7,16,18-19H,5,8-15H2,1H3/t16-,19-/m0/s1. The van der Waals surface area contributed by atoms with Crippen molar-refractivity contribution in [3.63, 3.8) is 0 Å². The van der Waals surface area contributed by atoms with Gasteiger partial charge in [0.2, 0.25) is 11.1 Å². The Morgan fingerprint density at radius 2 is 2.03 bits per heavy atom. The van der Waals surface area contributed by atoms with Gasteiger partial charge in [0.25, 0.3) is 0 Å². The molecule has 0 bridgehead atoms. The molecule has 8 heteroatoms. The Balaban J connectivity index is 1.26. The van der Waals surface area contributed by atoms with Crippen molar-refractivity contribution in [1.82, 2.24) is 25.1 Å². The topological polar surface area (TPSA) is 73.1 Å². The van der Waals surface area contributed by atoms with E-state index in [2.05, 4.69) is 45.9 Å². The van der Waals surface area contributed by atoms with Gasteiger partial charge in [-0.3, -0.25) is 4.79 Å². The number of benzene rings is 1. The van der Waals surface area contributed by atoms with Gasteiger partial charge in [-0.2, -0.15) is 0 Å². The second-order valence-corrected chi connectivity index (χ2v) is 9.31. The first-order chi connectivity index (χ1) is 14.2. The largest absolute Gasteiger partial charge is 0.376 e. The highest BCUT2D eigenvalue weighted by Gasteiger charge is 2.28. The van der Waals surface area contributed by atoms with E-state index in [9.17, 15) is 4.79 Å². The molecule has 0 radical (unpaired) electrons. The zero-order valence-corrected chi connectivity index (χ0v) is 17.8. The third-order valence-corrected chi connectivity index (χ3v) is 6.88. The van der Waals surface area contributed by atoms with Crippen LogP contribution in [0.3, 0.4) is 0 Å². The summed E-state index contributed by atoms with van der Waals surface area (Å²) in [5.74, 6) is 0.836. The maximum Gasteiger partial charge on any atom is 0.235 e. The van der Waals surface area contributed by atoms with E-state index in [1.807, 2.05) is 11.8 Å². The van der Waals surface area contributed by atoms with Gasteiger partial charge in [-0.25, -0.2) is 4.68 Å². The molecule has 2 saturated heterocycles. The first kappa shape index (κ1) is 20.3. The molecule has 0 unspecified atom stereocenters. The molecule has 2 fully saturated rings. The molecule has 0 aliphatic carbocycles. The number of ether oxygens (including phenoxy) is 1. The summed E-state index contributed by atoms with van der Waals surface area (Å²) in [5.41, 5.74) is 1.39. The lowest BCUT2D eigenvalue weighted by atomic mass is 9.90. The Kier molecular flexibility index (Phi) is 6.82. The van der Waals surface area contributed by atoms with Gasteiger partial charge < -0.3 is 9.64 Å². The Labute approximate surface area is 176 Å². The van der Waals surface area contributed by atoms with Crippen molar-refractivity contribution in [3.8, 4) is 0 Å². The minimum absolute atomic E-state index is 0.174. The zero-order chi connectivity index (χ0) is 20.1. The van der Waals surface area contributed by atoms with Gasteiger partial charge in [0.05, 0.1) is 17.9 Å². The molecular formula is C21H29N5O2S. The molecule has 2 aromatic rings. The molecule has 1 amide bonds. The molecular weight excluding hydrogens is 386 g/mol. The molecule has 1 aromatic carbocycles. The number of hydrogen-bond acceptors (Lipinski definition) is 6. The lowest BCUT2D eigenvalue weighted by Gasteiger charge is -2.33. The molecule has 156 valence electrons. The van der Waals surface area contributed by atoms with Gasteiger partial charge in [-0.1, -0.05) is 42.1 Å². The van der Waals surface area contributed by atoms with E-state index in [0.29, 0.717) is 17.6 Å². The van der Waals surface area contributed by atoms with E-state index in [4.69, 9.17) is 4.74 Å². The van der Waals surface area contributed by atoms with Crippen molar-refractivity contribution in [2.75, 3.05) is 19.7 Å². The second-order valence-electron chi connectivity index (χ2n) is 8.00. The van der Waals surface area contributed by atoms with Gasteiger partial charge in [-0.05, 0) is 60.9 Å². The first-order valence-corrected chi connectivity index (χ1v) is 11.4. The summed E-state index contributed by atoms with van der Waals surface area (Å²) in [5, 5.41) is 12.5. The fourth-order valence-electron chi connectivity index (χ4n) is 4.15. The minimum Gasteiger partial charge on any atom is -0.376 e. The molecule has 7 nitrogen and oxygen atoms in total. The maximum absolute atomic E-state index is 12.9. The zero-order valence-electron chi connectivity index (χ0n) is 16.9. The van der Waals surface area contributed by atoms with Crippen LogP contribution >= 0.6 is 11.8 Å². The van der Waals surface area contributed by atoms with E-state index < -0.39 is 0 Å². The van der Waals surface area contributed by atoms with Gasteiger partial charge in [-0.15, -0.1) is 5.10 Å². The van der Waals surface area contributed by atoms with Gasteiger partial charge in [0.1, 0.15) is 0 Å². The number of thioether (sulfide) groups is 1. The van der Waals surface area contributed by atoms with Crippen molar-refractivity contribution in [3.05, 3.63) is 35.9 Å². The van der Waals surface area contributed by atoms with E-state index in [-0.39, 0.29) is 17.3 Å². The van der Waals surface area contributed by atoms with E-state index >= 15 is 0 Å². The van der Waals surface area contributed by atoms with Crippen molar-refractivity contribution < 1.29 is 9.53 Å². The first-order valence-electron chi connectivity index (χ1n) is 10.6. The Bertz CT molecular complexity index is 785. The van der Waals surface area contributed by atoms with Crippen LogP contribution in [-0.4, -0.2) is 62.1 Å². The number of amides is 1. The summed E-state index contributed by atoms with van der Waals surface area (Å²) in [4.78, 5) is 15.0. The Morgan fingerprint density at radius 3 is 2.76 bits per heavy atom. The normalized spacial score (nSPS) is 21.4. The number of piperidine rings is 1. The van der Waals surface area contributed by atoms with Crippen LogP contribution < -0.4 is 0 Å². The average molecular weight is 416 g/mol. The number of tetrazole rings is 1. The lowest BCUT2D eigenvalue weighted by molar-refractivity contribution is -0.131. The van der Waals surface area contributed by atoms with Crippen molar-refractivity contribution in [1.29, 1.82) is 0 Å². The average Bonchev–Trinajstić information content (AvgIpc) is 3.42. The summed E-state index contributed by atoms with van der Waals surface area (Å²) in [6.07, 6.45) is 5.53. The van der Waals surface area contributed by atoms with Crippen LogP contribution in [0.2, 0.25) is 0 Å².